The first-order valence-electron chi connectivity index (χ1n) is 6.30. The summed E-state index contributed by atoms with van der Waals surface area (Å²) >= 11 is 0. The molecule has 0 aliphatic rings. The van der Waals surface area contributed by atoms with Gasteiger partial charge in [-0.3, -0.25) is 10.1 Å². The molecule has 0 amide bonds. The van der Waals surface area contributed by atoms with Crippen LogP contribution in [0, 0.1) is 17.0 Å². The van der Waals surface area contributed by atoms with Crippen molar-refractivity contribution in [1.82, 2.24) is 0 Å². The molecule has 0 aliphatic carbocycles. The van der Waals surface area contributed by atoms with Gasteiger partial charge in [0.15, 0.2) is 0 Å². The Hall–Kier alpha value is -1.66. The molecule has 0 atom stereocenters. The van der Waals surface area contributed by atoms with E-state index in [1.807, 2.05) is 31.2 Å². The third kappa shape index (κ3) is 3.75. The molecule has 0 saturated carbocycles. The predicted molar refractivity (Wildman–Crippen MR) is 79.0 cm³/mol. The van der Waals surface area contributed by atoms with E-state index in [2.05, 4.69) is 0 Å². The molecule has 0 saturated heterocycles. The van der Waals surface area contributed by atoms with Crippen LogP contribution in [0.1, 0.15) is 5.56 Å². The topological polar surface area (TPSA) is 79.3 Å². The van der Waals surface area contributed by atoms with Crippen LogP contribution in [-0.2, 0) is 0 Å². The van der Waals surface area contributed by atoms with Gasteiger partial charge in [-0.15, -0.1) is 0 Å². The molecule has 0 aliphatic heterocycles. The number of hydrogen-bond donors (Lipinski definition) is 0. The van der Waals surface area contributed by atoms with Crippen LogP contribution in [0.3, 0.4) is 0 Å². The minimum absolute atomic E-state index is 0. The molecule has 108 valence electrons. The van der Waals surface area contributed by atoms with Gasteiger partial charge in [-0.05, 0) is 31.2 Å². The Kier molecular flexibility index (Phi) is 6.77. The van der Waals surface area contributed by atoms with Gasteiger partial charge < -0.3 is 9.52 Å². The summed E-state index contributed by atoms with van der Waals surface area (Å²) in [6.07, 6.45) is 0. The van der Waals surface area contributed by atoms with Crippen molar-refractivity contribution < 1.29 is 44.0 Å². The molecule has 1 heterocycles. The second-order valence-corrected chi connectivity index (χ2v) is 4.43. The monoisotopic (exact) mass is 307 g/mol. The Balaban J connectivity index is 0.000000775. The summed E-state index contributed by atoms with van der Waals surface area (Å²) in [6, 6.07) is 14.3. The standard InChI is InChI=1S/C15H11NO3.CH3O.Na/c1-10-6-7-14-11(8-10)9-15(19-14)12-4-2-3-5-13(12)16(17)18;1-2;/h2-9H,1H3;1H3;/q;-1;+1. The fourth-order valence-electron chi connectivity index (χ4n) is 2.14. The van der Waals surface area contributed by atoms with Crippen molar-refractivity contribution in [2.45, 2.75) is 6.92 Å². The van der Waals surface area contributed by atoms with Crippen LogP contribution in [0.15, 0.2) is 52.9 Å². The van der Waals surface area contributed by atoms with Gasteiger partial charge in [0.2, 0.25) is 0 Å². The molecule has 0 unspecified atom stereocenters. The van der Waals surface area contributed by atoms with Gasteiger partial charge >= 0.3 is 29.6 Å². The fraction of sp³-hybridized carbons (Fsp3) is 0.125. The summed E-state index contributed by atoms with van der Waals surface area (Å²) < 4.78 is 5.70. The molecule has 3 aromatic rings. The van der Waals surface area contributed by atoms with Gasteiger partial charge in [0.05, 0.1) is 10.5 Å². The average Bonchev–Trinajstić information content (AvgIpc) is 2.92. The van der Waals surface area contributed by atoms with Gasteiger partial charge in [0.1, 0.15) is 11.3 Å². The zero-order chi connectivity index (χ0) is 15.4. The largest absolute Gasteiger partial charge is 1.00 e. The van der Waals surface area contributed by atoms with E-state index in [0.717, 1.165) is 23.6 Å². The summed E-state index contributed by atoms with van der Waals surface area (Å²) in [7, 11) is 0.750. The molecular weight excluding hydrogens is 293 g/mol. The van der Waals surface area contributed by atoms with E-state index in [0.29, 0.717) is 11.3 Å². The number of hydrogen-bond acceptors (Lipinski definition) is 4. The zero-order valence-electron chi connectivity index (χ0n) is 12.7. The Bertz CT molecular complexity index is 783. The van der Waals surface area contributed by atoms with Crippen molar-refractivity contribution in [1.29, 1.82) is 0 Å². The molecule has 5 nitrogen and oxygen atoms in total. The molecule has 0 N–H and O–H groups in total. The van der Waals surface area contributed by atoms with Gasteiger partial charge in [-0.1, -0.05) is 23.8 Å². The van der Waals surface area contributed by atoms with E-state index in [1.54, 1.807) is 18.2 Å². The van der Waals surface area contributed by atoms with E-state index in [9.17, 15) is 10.1 Å². The number of fused-ring (bicyclic) bond motifs is 1. The second kappa shape index (κ2) is 8.10. The third-order valence-electron chi connectivity index (χ3n) is 3.04. The number of furan rings is 1. The first kappa shape index (κ1) is 18.4. The third-order valence-corrected chi connectivity index (χ3v) is 3.04. The summed E-state index contributed by atoms with van der Waals surface area (Å²) in [5, 5.41) is 20.2. The molecule has 6 heteroatoms. The van der Waals surface area contributed by atoms with Crippen LogP contribution < -0.4 is 34.7 Å². The number of nitrogens with zero attached hydrogens (tertiary/aromatic N) is 1. The van der Waals surface area contributed by atoms with Crippen molar-refractivity contribution in [2.75, 3.05) is 7.11 Å². The zero-order valence-corrected chi connectivity index (χ0v) is 14.7. The van der Waals surface area contributed by atoms with Crippen molar-refractivity contribution in [2.24, 2.45) is 0 Å². The maximum atomic E-state index is 11.0. The SMILES string of the molecule is C[O-].Cc1ccc2oc(-c3ccccc3[N+](=O)[O-])cc2c1.[Na+]. The van der Waals surface area contributed by atoms with E-state index >= 15 is 0 Å². The average molecular weight is 307 g/mol. The fourth-order valence-corrected chi connectivity index (χ4v) is 2.14. The minimum Gasteiger partial charge on any atom is -0.857 e. The van der Waals surface area contributed by atoms with E-state index in [1.165, 1.54) is 6.07 Å². The van der Waals surface area contributed by atoms with Crippen LogP contribution in [0.25, 0.3) is 22.3 Å². The predicted octanol–water partition coefficient (Wildman–Crippen LogP) is 0.297. The Morgan fingerprint density at radius 3 is 2.41 bits per heavy atom. The van der Waals surface area contributed by atoms with Crippen molar-refractivity contribution in [3.63, 3.8) is 0 Å². The number of aryl methyl sites for hydroxylation is 1. The quantitative estimate of drug-likeness (QED) is 0.387. The van der Waals surface area contributed by atoms with Crippen LogP contribution in [0.5, 0.6) is 0 Å². The molecule has 0 fully saturated rings. The van der Waals surface area contributed by atoms with Crippen LogP contribution in [0.4, 0.5) is 5.69 Å². The number of nitro groups is 1. The van der Waals surface area contributed by atoms with Crippen LogP contribution >= 0.6 is 0 Å². The van der Waals surface area contributed by atoms with Crippen LogP contribution in [0.2, 0.25) is 0 Å². The smallest absolute Gasteiger partial charge is 0.857 e. The molecule has 3 rings (SSSR count). The Morgan fingerprint density at radius 2 is 1.73 bits per heavy atom. The molecular formula is C16H14NNaO4. The van der Waals surface area contributed by atoms with Crippen molar-refractivity contribution >= 4 is 16.7 Å². The summed E-state index contributed by atoms with van der Waals surface area (Å²) in [5.41, 5.74) is 2.42. The van der Waals surface area contributed by atoms with Crippen LogP contribution in [-0.4, -0.2) is 12.0 Å². The van der Waals surface area contributed by atoms with E-state index in [-0.39, 0.29) is 35.2 Å². The van der Waals surface area contributed by atoms with Crippen molar-refractivity contribution in [3.8, 4) is 11.3 Å². The maximum Gasteiger partial charge on any atom is 1.00 e. The summed E-state index contributed by atoms with van der Waals surface area (Å²) in [6.45, 7) is 2.00. The first-order valence-corrected chi connectivity index (χ1v) is 6.30. The van der Waals surface area contributed by atoms with Gasteiger partial charge in [-0.2, -0.15) is 7.11 Å². The van der Waals surface area contributed by atoms with E-state index < -0.39 is 4.92 Å². The van der Waals surface area contributed by atoms with Crippen molar-refractivity contribution in [3.05, 3.63) is 64.2 Å². The Morgan fingerprint density at radius 1 is 1.05 bits per heavy atom. The second-order valence-electron chi connectivity index (χ2n) is 4.43. The number of para-hydroxylation sites is 1. The molecule has 0 bridgehead atoms. The number of rotatable bonds is 2. The number of benzene rings is 2. The number of nitro benzene ring substituents is 1. The first-order chi connectivity index (χ1) is 10.1. The summed E-state index contributed by atoms with van der Waals surface area (Å²) in [5.74, 6) is 0.521. The molecule has 0 spiro atoms. The normalized spacial score (nSPS) is 9.59. The van der Waals surface area contributed by atoms with Gasteiger partial charge in [0, 0.05) is 11.5 Å². The summed E-state index contributed by atoms with van der Waals surface area (Å²) in [4.78, 5) is 10.6. The maximum absolute atomic E-state index is 11.0. The Labute approximate surface area is 150 Å². The van der Waals surface area contributed by atoms with E-state index in [4.69, 9.17) is 9.52 Å². The molecule has 2 aromatic carbocycles. The van der Waals surface area contributed by atoms with Gasteiger partial charge in [-0.25, -0.2) is 0 Å². The van der Waals surface area contributed by atoms with Gasteiger partial charge in [0.25, 0.3) is 5.69 Å². The molecule has 1 aromatic heterocycles. The molecule has 22 heavy (non-hydrogen) atoms. The molecule has 0 radical (unpaired) electrons. The minimum atomic E-state index is -0.395.